The van der Waals surface area contributed by atoms with E-state index >= 15 is 0 Å². The van der Waals surface area contributed by atoms with Crippen molar-refractivity contribution in [3.8, 4) is 0 Å². The summed E-state index contributed by atoms with van der Waals surface area (Å²) in [6, 6.07) is 4.11. The molecule has 0 bridgehead atoms. The number of amides is 1. The van der Waals surface area contributed by atoms with E-state index in [1.807, 2.05) is 6.92 Å². The molecule has 3 aromatic rings. The number of hydrogen-bond donors (Lipinski definition) is 1. The zero-order valence-corrected chi connectivity index (χ0v) is 14.6. The van der Waals surface area contributed by atoms with Gasteiger partial charge in [-0.05, 0) is 24.6 Å². The Hall–Kier alpha value is -2.45. The minimum Gasteiger partial charge on any atom is -0.288 e. The molecular formula is C15H13Cl2FN6O. The van der Waals surface area contributed by atoms with Gasteiger partial charge in [-0.3, -0.25) is 14.8 Å². The summed E-state index contributed by atoms with van der Waals surface area (Å²) in [7, 11) is 0. The molecule has 0 spiro atoms. The van der Waals surface area contributed by atoms with Gasteiger partial charge in [-0.2, -0.15) is 5.10 Å². The van der Waals surface area contributed by atoms with E-state index < -0.39 is 11.7 Å². The van der Waals surface area contributed by atoms with Crippen LogP contribution in [0.5, 0.6) is 0 Å². The topological polar surface area (TPSA) is 77.6 Å². The van der Waals surface area contributed by atoms with Crippen LogP contribution in [0.2, 0.25) is 10.0 Å². The van der Waals surface area contributed by atoms with Gasteiger partial charge >= 0.3 is 0 Å². The van der Waals surface area contributed by atoms with Gasteiger partial charge in [-0.15, -0.1) is 5.10 Å². The largest absolute Gasteiger partial charge is 0.288 e. The summed E-state index contributed by atoms with van der Waals surface area (Å²) in [6.45, 7) is 2.63. The summed E-state index contributed by atoms with van der Waals surface area (Å²) in [5, 5.41) is 11.3. The minimum atomic E-state index is -0.457. The molecule has 0 saturated heterocycles. The average molecular weight is 383 g/mol. The maximum atomic E-state index is 13.1. The van der Waals surface area contributed by atoms with Crippen LogP contribution in [0.25, 0.3) is 0 Å². The van der Waals surface area contributed by atoms with Crippen molar-refractivity contribution >= 4 is 35.1 Å². The Morgan fingerprint density at radius 1 is 1.32 bits per heavy atom. The van der Waals surface area contributed by atoms with Crippen molar-refractivity contribution in [3.05, 3.63) is 57.8 Å². The van der Waals surface area contributed by atoms with Gasteiger partial charge in [-0.1, -0.05) is 29.3 Å². The fourth-order valence-corrected chi connectivity index (χ4v) is 2.70. The first-order valence-electron chi connectivity index (χ1n) is 7.34. The molecule has 2 heterocycles. The summed E-state index contributed by atoms with van der Waals surface area (Å²) in [6.07, 6.45) is 2.84. The molecule has 1 aromatic carbocycles. The van der Waals surface area contributed by atoms with Crippen LogP contribution in [-0.4, -0.2) is 30.5 Å². The number of carbonyl (C=O) groups excluding carboxylic acids is 1. The molecule has 3 rings (SSSR count). The van der Waals surface area contributed by atoms with E-state index in [1.165, 1.54) is 34.0 Å². The van der Waals surface area contributed by atoms with Crippen LogP contribution in [0.1, 0.15) is 23.0 Å². The summed E-state index contributed by atoms with van der Waals surface area (Å²) < 4.78 is 16.0. The number of aromatic nitrogens is 5. The van der Waals surface area contributed by atoms with Crippen LogP contribution in [0.15, 0.2) is 30.7 Å². The van der Waals surface area contributed by atoms with Crippen LogP contribution >= 0.6 is 23.2 Å². The van der Waals surface area contributed by atoms with E-state index in [9.17, 15) is 9.18 Å². The van der Waals surface area contributed by atoms with Crippen molar-refractivity contribution in [2.24, 2.45) is 0 Å². The Kier molecular flexibility index (Phi) is 5.00. The quantitative estimate of drug-likeness (QED) is 0.734. The Morgan fingerprint density at radius 3 is 2.84 bits per heavy atom. The smallest absolute Gasteiger partial charge is 0.277 e. The molecule has 0 atom stereocenters. The van der Waals surface area contributed by atoms with E-state index in [0.717, 1.165) is 0 Å². The predicted octanol–water partition coefficient (Wildman–Crippen LogP) is 3.24. The minimum absolute atomic E-state index is 0.114. The molecule has 7 nitrogen and oxygen atoms in total. The monoisotopic (exact) mass is 382 g/mol. The second kappa shape index (κ2) is 7.20. The van der Waals surface area contributed by atoms with Crippen molar-refractivity contribution < 1.29 is 9.18 Å². The van der Waals surface area contributed by atoms with Crippen molar-refractivity contribution in [1.29, 1.82) is 0 Å². The van der Waals surface area contributed by atoms with E-state index in [-0.39, 0.29) is 23.2 Å². The maximum absolute atomic E-state index is 13.1. The number of anilines is 1. The molecule has 1 amide bonds. The van der Waals surface area contributed by atoms with Gasteiger partial charge in [0.2, 0.25) is 5.95 Å². The molecule has 2 aromatic heterocycles. The van der Waals surface area contributed by atoms with Gasteiger partial charge < -0.3 is 0 Å². The van der Waals surface area contributed by atoms with E-state index in [0.29, 0.717) is 17.1 Å². The Labute approximate surface area is 152 Å². The van der Waals surface area contributed by atoms with Crippen molar-refractivity contribution in [2.75, 3.05) is 5.32 Å². The Morgan fingerprint density at radius 2 is 2.12 bits per heavy atom. The van der Waals surface area contributed by atoms with Gasteiger partial charge in [0.1, 0.15) is 17.8 Å². The van der Waals surface area contributed by atoms with E-state index in [2.05, 4.69) is 20.5 Å². The molecule has 0 radical (unpaired) electrons. The second-order valence-electron chi connectivity index (χ2n) is 5.11. The molecule has 1 N–H and O–H groups in total. The van der Waals surface area contributed by atoms with Crippen LogP contribution in [-0.2, 0) is 13.1 Å². The summed E-state index contributed by atoms with van der Waals surface area (Å²) >= 11 is 12.0. The maximum Gasteiger partial charge on any atom is 0.277 e. The number of benzene rings is 1. The summed E-state index contributed by atoms with van der Waals surface area (Å²) in [4.78, 5) is 16.4. The molecule has 0 saturated carbocycles. The Bertz CT molecular complexity index is 923. The molecule has 25 heavy (non-hydrogen) atoms. The van der Waals surface area contributed by atoms with Crippen molar-refractivity contribution in [1.82, 2.24) is 24.5 Å². The van der Waals surface area contributed by atoms with Gasteiger partial charge in [0.25, 0.3) is 5.91 Å². The number of rotatable bonds is 5. The molecular weight excluding hydrogens is 370 g/mol. The third-order valence-electron chi connectivity index (χ3n) is 3.42. The number of nitrogens with zero attached hydrogens (tertiary/aromatic N) is 5. The molecule has 0 unspecified atom stereocenters. The number of aryl methyl sites for hydroxylation is 1. The van der Waals surface area contributed by atoms with Gasteiger partial charge in [0.05, 0.1) is 17.8 Å². The first-order chi connectivity index (χ1) is 12.0. The van der Waals surface area contributed by atoms with Crippen LogP contribution < -0.4 is 5.32 Å². The standard InChI is InChI=1S/C15H13Cl2FN6O/c1-2-24-13(12(17)6-20-24)14(25)21-15-19-8-23(22-15)7-9-3-4-10(18)5-11(9)16/h3-6,8H,2,7H2,1H3,(H,21,22,25). The summed E-state index contributed by atoms with van der Waals surface area (Å²) in [5.74, 6) is -0.755. The zero-order valence-electron chi connectivity index (χ0n) is 13.1. The summed E-state index contributed by atoms with van der Waals surface area (Å²) in [5.41, 5.74) is 0.917. The normalized spacial score (nSPS) is 10.9. The van der Waals surface area contributed by atoms with E-state index in [4.69, 9.17) is 23.2 Å². The second-order valence-corrected chi connectivity index (χ2v) is 5.93. The lowest BCUT2D eigenvalue weighted by molar-refractivity contribution is 0.101. The predicted molar refractivity (Wildman–Crippen MR) is 91.4 cm³/mol. The molecule has 0 aliphatic heterocycles. The lowest BCUT2D eigenvalue weighted by Crippen LogP contribution is -2.18. The number of hydrogen-bond acceptors (Lipinski definition) is 4. The highest BCUT2D eigenvalue weighted by molar-refractivity contribution is 6.34. The fraction of sp³-hybridized carbons (Fsp3) is 0.200. The van der Waals surface area contributed by atoms with E-state index in [1.54, 1.807) is 6.07 Å². The van der Waals surface area contributed by atoms with Crippen molar-refractivity contribution in [3.63, 3.8) is 0 Å². The van der Waals surface area contributed by atoms with Crippen molar-refractivity contribution in [2.45, 2.75) is 20.0 Å². The SMILES string of the molecule is CCn1ncc(Cl)c1C(=O)Nc1ncn(Cc2ccc(F)cc2Cl)n1. The fourth-order valence-electron chi connectivity index (χ4n) is 2.24. The molecule has 10 heteroatoms. The molecule has 0 fully saturated rings. The highest BCUT2D eigenvalue weighted by atomic mass is 35.5. The first-order valence-corrected chi connectivity index (χ1v) is 8.09. The van der Waals surface area contributed by atoms with Gasteiger partial charge in [0.15, 0.2) is 0 Å². The number of nitrogens with one attached hydrogen (secondary N) is 1. The van der Waals surface area contributed by atoms with Crippen LogP contribution in [0, 0.1) is 5.82 Å². The average Bonchev–Trinajstić information content (AvgIpc) is 3.16. The lowest BCUT2D eigenvalue weighted by Gasteiger charge is -2.05. The zero-order chi connectivity index (χ0) is 18.0. The van der Waals surface area contributed by atoms with Gasteiger partial charge in [0, 0.05) is 11.6 Å². The number of halogens is 3. The molecule has 0 aliphatic carbocycles. The molecule has 130 valence electrons. The third kappa shape index (κ3) is 3.80. The Balaban J connectivity index is 1.73. The molecule has 0 aliphatic rings. The highest BCUT2D eigenvalue weighted by Gasteiger charge is 2.18. The van der Waals surface area contributed by atoms with Crippen LogP contribution in [0.3, 0.4) is 0 Å². The highest BCUT2D eigenvalue weighted by Crippen LogP contribution is 2.19. The third-order valence-corrected chi connectivity index (χ3v) is 4.05. The van der Waals surface area contributed by atoms with Crippen LogP contribution in [0.4, 0.5) is 10.3 Å². The lowest BCUT2D eigenvalue weighted by atomic mass is 10.2. The number of carbonyl (C=O) groups is 1. The first kappa shape index (κ1) is 17.4. The van der Waals surface area contributed by atoms with Gasteiger partial charge in [-0.25, -0.2) is 14.1 Å².